The third-order valence-corrected chi connectivity index (χ3v) is 10.0. The van der Waals surface area contributed by atoms with Crippen molar-refractivity contribution in [3.05, 3.63) is 163 Å². The smallest absolute Gasteiger partial charge is 0.240 e. The van der Waals surface area contributed by atoms with Gasteiger partial charge in [-0.15, -0.1) is 11.3 Å². The van der Waals surface area contributed by atoms with Crippen molar-refractivity contribution in [2.24, 2.45) is 0 Å². The van der Waals surface area contributed by atoms with Crippen LogP contribution in [0.25, 0.3) is 98.2 Å². The van der Waals surface area contributed by atoms with E-state index < -0.39 is 109 Å². The molecule has 238 valence electrons. The monoisotopic (exact) mass is 685 g/mol. The molecule has 5 nitrogen and oxygen atoms in total. The fourth-order valence-electron chi connectivity index (χ4n) is 6.65. The van der Waals surface area contributed by atoms with E-state index >= 15 is 0 Å². The third-order valence-electron chi connectivity index (χ3n) is 8.92. The van der Waals surface area contributed by atoms with Crippen LogP contribution in [0.4, 0.5) is 0 Å². The van der Waals surface area contributed by atoms with E-state index in [1.165, 1.54) is 11.3 Å². The molecule has 4 heterocycles. The molecule has 0 saturated carbocycles. The molecule has 4 aromatic heterocycles. The summed E-state index contributed by atoms with van der Waals surface area (Å²) >= 11 is 1.50. The highest BCUT2D eigenvalue weighted by Crippen LogP contribution is 2.39. The van der Waals surface area contributed by atoms with Crippen molar-refractivity contribution in [2.45, 2.75) is 0 Å². The normalized spacial score (nSPS) is 16.3. The molecule has 0 amide bonds. The number of benzene rings is 7. The Labute approximate surface area is 318 Å². The van der Waals surface area contributed by atoms with Crippen molar-refractivity contribution in [2.75, 3.05) is 0 Å². The first kappa shape index (κ1) is 16.9. The summed E-state index contributed by atoms with van der Waals surface area (Å²) in [6.07, 6.45) is 0. The van der Waals surface area contributed by atoms with E-state index in [0.717, 1.165) is 40.4 Å². The summed E-state index contributed by atoms with van der Waals surface area (Å²) in [6, 6.07) is 11.2. The van der Waals surface area contributed by atoms with Crippen molar-refractivity contribution in [1.29, 1.82) is 0 Å². The molecule has 0 spiro atoms. The second-order valence-corrected chi connectivity index (χ2v) is 12.8. The standard InChI is InChI=1S/C45H27N5S/c1-2-12-28(13-3-1)29-22-24-35-36-25-23-30(27-42(36)51-41(35)26-29)43-46-44(49-37-18-8-4-14-31(37)32-15-5-9-19-38(32)49)48-45(47-43)50-39-20-10-6-16-33(39)34-17-7-11-21-40(34)50/h1-27H/i4D,5D,6D,7D,8D,9D,10D,11D,14D,15D,16D,17D,18D,19D,20D,21D. The van der Waals surface area contributed by atoms with Gasteiger partial charge < -0.3 is 0 Å². The van der Waals surface area contributed by atoms with Gasteiger partial charge >= 0.3 is 0 Å². The fraction of sp³-hybridized carbons (Fsp3) is 0. The summed E-state index contributed by atoms with van der Waals surface area (Å²) in [6.45, 7) is 0. The lowest BCUT2D eigenvalue weighted by Crippen LogP contribution is -2.10. The van der Waals surface area contributed by atoms with Gasteiger partial charge in [-0.2, -0.15) is 15.0 Å². The van der Waals surface area contributed by atoms with E-state index in [2.05, 4.69) is 6.07 Å². The van der Waals surface area contributed by atoms with Crippen LogP contribution in [0.5, 0.6) is 0 Å². The van der Waals surface area contributed by atoms with Crippen LogP contribution in [0.15, 0.2) is 163 Å². The van der Waals surface area contributed by atoms with E-state index in [4.69, 9.17) is 36.9 Å². The van der Waals surface area contributed by atoms with Gasteiger partial charge in [0.25, 0.3) is 0 Å². The topological polar surface area (TPSA) is 48.5 Å². The summed E-state index contributed by atoms with van der Waals surface area (Å²) in [5, 5.41) is 0.875. The first-order valence-electron chi connectivity index (χ1n) is 23.7. The van der Waals surface area contributed by atoms with Gasteiger partial charge in [0.2, 0.25) is 11.9 Å². The number of rotatable bonds is 4. The number of aromatic nitrogens is 5. The summed E-state index contributed by atoms with van der Waals surface area (Å²) in [4.78, 5) is 14.5. The first-order chi connectivity index (χ1) is 31.9. The molecule has 0 fully saturated rings. The predicted octanol–water partition coefficient (Wildman–Crippen LogP) is 11.8. The Kier molecular flexibility index (Phi) is 3.61. The van der Waals surface area contributed by atoms with Crippen LogP contribution in [-0.4, -0.2) is 24.1 Å². The zero-order valence-corrected chi connectivity index (χ0v) is 26.8. The van der Waals surface area contributed by atoms with E-state index in [1.807, 2.05) is 54.6 Å². The van der Waals surface area contributed by atoms with E-state index in [0.29, 0.717) is 5.56 Å². The van der Waals surface area contributed by atoms with Crippen LogP contribution >= 0.6 is 11.3 Å². The van der Waals surface area contributed by atoms with Gasteiger partial charge in [0, 0.05) is 47.3 Å². The third kappa shape index (κ3) is 4.30. The lowest BCUT2D eigenvalue weighted by Gasteiger charge is -2.12. The highest BCUT2D eigenvalue weighted by molar-refractivity contribution is 7.25. The van der Waals surface area contributed by atoms with Gasteiger partial charge in [-0.1, -0.05) is 127 Å². The van der Waals surface area contributed by atoms with Crippen molar-refractivity contribution < 1.29 is 21.9 Å². The van der Waals surface area contributed by atoms with Gasteiger partial charge in [0.1, 0.15) is 0 Å². The minimum absolute atomic E-state index is 0.113. The number of hydrogen-bond acceptors (Lipinski definition) is 4. The molecule has 11 rings (SSSR count). The average Bonchev–Trinajstić information content (AvgIpc) is 4.02. The zero-order chi connectivity index (χ0) is 47.4. The lowest BCUT2D eigenvalue weighted by molar-refractivity contribution is 0.893. The van der Waals surface area contributed by atoms with Gasteiger partial charge in [-0.3, -0.25) is 9.13 Å². The maximum atomic E-state index is 9.16. The molecular weight excluding hydrogens is 643 g/mol. The molecule has 0 unspecified atom stereocenters. The lowest BCUT2D eigenvalue weighted by atomic mass is 10.0. The number of hydrogen-bond donors (Lipinski definition) is 0. The minimum atomic E-state index is -0.689. The van der Waals surface area contributed by atoms with Crippen LogP contribution < -0.4 is 0 Å². The Morgan fingerprint density at radius 2 is 0.843 bits per heavy atom. The molecule has 0 atom stereocenters. The van der Waals surface area contributed by atoms with Gasteiger partial charge in [-0.05, 0) is 47.4 Å². The number of para-hydroxylation sites is 4. The zero-order valence-electron chi connectivity index (χ0n) is 42.0. The van der Waals surface area contributed by atoms with E-state index in [1.54, 1.807) is 6.07 Å². The molecule has 11 aromatic rings. The largest absolute Gasteiger partial charge is 0.278 e. The van der Waals surface area contributed by atoms with E-state index in [9.17, 15) is 0 Å². The van der Waals surface area contributed by atoms with Gasteiger partial charge in [-0.25, -0.2) is 0 Å². The fourth-order valence-corrected chi connectivity index (χ4v) is 7.84. The van der Waals surface area contributed by atoms with Crippen molar-refractivity contribution in [1.82, 2.24) is 24.1 Å². The Balaban J connectivity index is 1.31. The highest BCUT2D eigenvalue weighted by Gasteiger charge is 2.20. The average molecular weight is 686 g/mol. The van der Waals surface area contributed by atoms with Crippen LogP contribution in [-0.2, 0) is 0 Å². The van der Waals surface area contributed by atoms with Crippen LogP contribution in [0.1, 0.15) is 21.9 Å². The number of thiophene rings is 1. The molecule has 51 heavy (non-hydrogen) atoms. The molecule has 7 aromatic carbocycles. The van der Waals surface area contributed by atoms with Crippen LogP contribution in [0.2, 0.25) is 0 Å². The van der Waals surface area contributed by atoms with Crippen LogP contribution in [0.3, 0.4) is 0 Å². The van der Waals surface area contributed by atoms with Gasteiger partial charge in [0.15, 0.2) is 5.82 Å². The molecule has 0 saturated heterocycles. The molecule has 0 aliphatic rings. The molecule has 0 aliphatic carbocycles. The van der Waals surface area contributed by atoms with Gasteiger partial charge in [0.05, 0.1) is 44.0 Å². The Bertz CT molecular complexity index is 3740. The summed E-state index contributed by atoms with van der Waals surface area (Å²) in [7, 11) is 0. The quantitative estimate of drug-likeness (QED) is 0.185. The molecule has 0 radical (unpaired) electrons. The second kappa shape index (κ2) is 10.9. The summed E-state index contributed by atoms with van der Waals surface area (Å²) < 4.78 is 145. The molecular formula is C45H27N5S. The summed E-state index contributed by atoms with van der Waals surface area (Å²) in [5.41, 5.74) is 1.17. The van der Waals surface area contributed by atoms with Crippen molar-refractivity contribution >= 4 is 75.1 Å². The van der Waals surface area contributed by atoms with E-state index in [-0.39, 0.29) is 49.4 Å². The minimum Gasteiger partial charge on any atom is -0.278 e. The highest BCUT2D eigenvalue weighted by atomic mass is 32.1. The Morgan fingerprint density at radius 1 is 0.412 bits per heavy atom. The Hall–Kier alpha value is -6.63. The maximum absolute atomic E-state index is 9.16. The molecule has 6 heteroatoms. The molecule has 0 aliphatic heterocycles. The first-order valence-corrected chi connectivity index (χ1v) is 16.5. The second-order valence-electron chi connectivity index (χ2n) is 11.7. The Morgan fingerprint density at radius 3 is 1.33 bits per heavy atom. The van der Waals surface area contributed by atoms with Crippen molar-refractivity contribution in [3.8, 4) is 34.4 Å². The molecule has 0 N–H and O–H groups in total. The van der Waals surface area contributed by atoms with Crippen molar-refractivity contribution in [3.63, 3.8) is 0 Å². The number of nitrogens with zero attached hydrogens (tertiary/aromatic N) is 5. The SMILES string of the molecule is [2H]c1c([2H])c([2H])c2c(c1[2H])c1c([2H])c([2H])c([2H])c([2H])c1n2-c1nc(-c2ccc3c(c2)sc2cc(-c4ccccc4)ccc23)nc(-n2c3c([2H])c([2H])c([2H])c([2H])c3c3c([2H])c([2H])c([2H])c([2H])c32)n1. The molecule has 0 bridgehead atoms. The predicted molar refractivity (Wildman–Crippen MR) is 212 cm³/mol. The summed E-state index contributed by atoms with van der Waals surface area (Å²) in [5.74, 6) is -1.01. The number of fused-ring (bicyclic) bond motifs is 9. The van der Waals surface area contributed by atoms with Crippen LogP contribution in [0, 0.1) is 0 Å². The maximum Gasteiger partial charge on any atom is 0.240 e.